The number of benzene rings is 1. The average molecular weight is 277 g/mol. The summed E-state index contributed by atoms with van der Waals surface area (Å²) in [7, 11) is 0. The summed E-state index contributed by atoms with van der Waals surface area (Å²) in [4.78, 5) is 23.3. The third kappa shape index (κ3) is 5.40. The van der Waals surface area contributed by atoms with Crippen molar-refractivity contribution < 1.29 is 9.59 Å². The van der Waals surface area contributed by atoms with E-state index < -0.39 is 0 Å². The van der Waals surface area contributed by atoms with Crippen LogP contribution in [0.2, 0.25) is 0 Å². The molecule has 1 aromatic carbocycles. The molecule has 0 heterocycles. The first-order valence-corrected chi connectivity index (χ1v) is 6.98. The van der Waals surface area contributed by atoms with Gasteiger partial charge in [0.2, 0.25) is 5.91 Å². The van der Waals surface area contributed by atoms with Crippen molar-refractivity contribution in [3.05, 3.63) is 29.8 Å². The van der Waals surface area contributed by atoms with Crippen molar-refractivity contribution in [3.8, 4) is 0 Å². The van der Waals surface area contributed by atoms with Crippen LogP contribution in [0.25, 0.3) is 0 Å². The molecule has 5 nitrogen and oxygen atoms in total. The molecule has 0 aromatic heterocycles. The summed E-state index contributed by atoms with van der Waals surface area (Å²) in [5, 5.41) is 8.83. The molecular formula is C15H23N3O2. The van der Waals surface area contributed by atoms with Gasteiger partial charge in [-0.25, -0.2) is 0 Å². The van der Waals surface area contributed by atoms with Crippen LogP contribution in [0.3, 0.4) is 0 Å². The molecule has 1 aromatic rings. The van der Waals surface area contributed by atoms with Gasteiger partial charge in [0.25, 0.3) is 5.91 Å². The second-order valence-electron chi connectivity index (χ2n) is 4.65. The van der Waals surface area contributed by atoms with Crippen LogP contribution in [-0.2, 0) is 4.79 Å². The molecule has 110 valence electrons. The Morgan fingerprint density at radius 3 is 2.65 bits per heavy atom. The molecule has 5 heteroatoms. The normalized spacial score (nSPS) is 11.8. The number of hydrogen-bond acceptors (Lipinski definition) is 3. The Labute approximate surface area is 120 Å². The fourth-order valence-corrected chi connectivity index (χ4v) is 1.76. The van der Waals surface area contributed by atoms with E-state index in [9.17, 15) is 9.59 Å². The number of likely N-dealkylation sites (N-methyl/N-ethyl adjacent to an activating group) is 1. The molecule has 0 unspecified atom stereocenters. The minimum atomic E-state index is -0.137. The molecule has 0 saturated heterocycles. The Morgan fingerprint density at radius 2 is 2.00 bits per heavy atom. The van der Waals surface area contributed by atoms with Crippen LogP contribution in [0.4, 0.5) is 5.69 Å². The van der Waals surface area contributed by atoms with Crippen molar-refractivity contribution in [2.24, 2.45) is 0 Å². The highest BCUT2D eigenvalue weighted by Gasteiger charge is 2.08. The summed E-state index contributed by atoms with van der Waals surface area (Å²) < 4.78 is 0. The molecule has 0 aliphatic heterocycles. The van der Waals surface area contributed by atoms with E-state index in [0.717, 1.165) is 6.54 Å². The van der Waals surface area contributed by atoms with Gasteiger partial charge in [0.15, 0.2) is 0 Å². The number of carbonyl (C=O) groups excluding carboxylic acids is 2. The minimum Gasteiger partial charge on any atom is -0.350 e. The molecule has 20 heavy (non-hydrogen) atoms. The van der Waals surface area contributed by atoms with E-state index in [2.05, 4.69) is 16.0 Å². The zero-order valence-electron chi connectivity index (χ0n) is 12.3. The fourth-order valence-electron chi connectivity index (χ4n) is 1.76. The van der Waals surface area contributed by atoms with Gasteiger partial charge in [-0.15, -0.1) is 0 Å². The Morgan fingerprint density at radius 1 is 1.25 bits per heavy atom. The maximum absolute atomic E-state index is 12.0. The average Bonchev–Trinajstić information content (AvgIpc) is 2.45. The Balaban J connectivity index is 2.59. The summed E-state index contributed by atoms with van der Waals surface area (Å²) in [5.41, 5.74) is 1.19. The highest BCUT2D eigenvalue weighted by Crippen LogP contribution is 2.11. The van der Waals surface area contributed by atoms with Crippen LogP contribution in [-0.4, -0.2) is 30.9 Å². The molecule has 0 aliphatic rings. The van der Waals surface area contributed by atoms with Crippen LogP contribution in [0.15, 0.2) is 24.3 Å². The van der Waals surface area contributed by atoms with Crippen molar-refractivity contribution in [1.82, 2.24) is 10.6 Å². The maximum atomic E-state index is 12.0. The van der Waals surface area contributed by atoms with Crippen LogP contribution < -0.4 is 16.0 Å². The van der Waals surface area contributed by atoms with Gasteiger partial charge in [-0.2, -0.15) is 0 Å². The fraction of sp³-hybridized carbons (Fsp3) is 0.467. The van der Waals surface area contributed by atoms with Crippen LogP contribution in [0.5, 0.6) is 0 Å². The Kier molecular flexibility index (Phi) is 6.73. The molecule has 0 aliphatic carbocycles. The molecule has 1 atom stereocenters. The van der Waals surface area contributed by atoms with E-state index in [4.69, 9.17) is 0 Å². The van der Waals surface area contributed by atoms with Crippen LogP contribution >= 0.6 is 0 Å². The van der Waals surface area contributed by atoms with Gasteiger partial charge in [0.1, 0.15) is 0 Å². The lowest BCUT2D eigenvalue weighted by molar-refractivity contribution is -0.115. The summed E-state index contributed by atoms with van der Waals surface area (Å²) in [6.07, 6.45) is 0.413. The van der Waals surface area contributed by atoms with Crippen molar-refractivity contribution in [1.29, 1.82) is 0 Å². The quantitative estimate of drug-likeness (QED) is 0.711. The van der Waals surface area contributed by atoms with Gasteiger partial charge in [-0.05, 0) is 31.7 Å². The van der Waals surface area contributed by atoms with Gasteiger partial charge in [0, 0.05) is 30.3 Å². The molecule has 3 N–H and O–H groups in total. The highest BCUT2D eigenvalue weighted by molar-refractivity contribution is 5.97. The lowest BCUT2D eigenvalue weighted by atomic mass is 10.2. The minimum absolute atomic E-state index is 0.0664. The lowest BCUT2D eigenvalue weighted by Crippen LogP contribution is -2.38. The molecule has 1 rings (SSSR count). The summed E-state index contributed by atoms with van der Waals surface area (Å²) >= 11 is 0. The van der Waals surface area contributed by atoms with E-state index in [-0.39, 0.29) is 17.9 Å². The largest absolute Gasteiger partial charge is 0.350 e. The van der Waals surface area contributed by atoms with E-state index in [1.54, 1.807) is 31.2 Å². The predicted molar refractivity (Wildman–Crippen MR) is 80.8 cm³/mol. The third-order valence-corrected chi connectivity index (χ3v) is 2.85. The van der Waals surface area contributed by atoms with Gasteiger partial charge in [0.05, 0.1) is 0 Å². The first-order valence-electron chi connectivity index (χ1n) is 6.98. The van der Waals surface area contributed by atoms with Gasteiger partial charge < -0.3 is 16.0 Å². The van der Waals surface area contributed by atoms with Gasteiger partial charge in [-0.3, -0.25) is 9.59 Å². The lowest BCUT2D eigenvalue weighted by Gasteiger charge is -2.13. The molecular weight excluding hydrogens is 254 g/mol. The Bertz CT molecular complexity index is 460. The number of nitrogens with one attached hydrogen (secondary N) is 3. The van der Waals surface area contributed by atoms with Gasteiger partial charge in [-0.1, -0.05) is 19.9 Å². The van der Waals surface area contributed by atoms with E-state index in [1.807, 2.05) is 13.8 Å². The van der Waals surface area contributed by atoms with Crippen molar-refractivity contribution in [2.75, 3.05) is 18.4 Å². The first-order chi connectivity index (χ1) is 9.56. The summed E-state index contributed by atoms with van der Waals surface area (Å²) in [6.45, 7) is 7.27. The Hall–Kier alpha value is -1.88. The zero-order chi connectivity index (χ0) is 15.0. The standard InChI is InChI=1S/C15H23N3O2/c1-4-14(19)18-13-8-6-7-12(9-13)15(20)17-10-11(3)16-5-2/h6-9,11,16H,4-5,10H2,1-3H3,(H,17,20)(H,18,19)/t11-/m1/s1. The SMILES string of the molecule is CCN[C@H](C)CNC(=O)c1cccc(NC(=O)CC)c1. The highest BCUT2D eigenvalue weighted by atomic mass is 16.2. The topological polar surface area (TPSA) is 70.2 Å². The van der Waals surface area contributed by atoms with Crippen molar-refractivity contribution in [3.63, 3.8) is 0 Å². The van der Waals surface area contributed by atoms with E-state index in [1.165, 1.54) is 0 Å². The molecule has 0 fully saturated rings. The number of anilines is 1. The number of hydrogen-bond donors (Lipinski definition) is 3. The van der Waals surface area contributed by atoms with Crippen molar-refractivity contribution in [2.45, 2.75) is 33.2 Å². The number of carbonyl (C=O) groups is 2. The summed E-state index contributed by atoms with van der Waals surface area (Å²) in [6, 6.07) is 7.17. The van der Waals surface area contributed by atoms with Crippen LogP contribution in [0, 0.1) is 0 Å². The maximum Gasteiger partial charge on any atom is 0.251 e. The monoisotopic (exact) mass is 277 g/mol. The molecule has 0 radical (unpaired) electrons. The number of rotatable bonds is 7. The molecule has 0 saturated carbocycles. The first kappa shape index (κ1) is 16.2. The van der Waals surface area contributed by atoms with Crippen molar-refractivity contribution >= 4 is 17.5 Å². The second kappa shape index (κ2) is 8.32. The third-order valence-electron chi connectivity index (χ3n) is 2.85. The number of amides is 2. The van der Waals surface area contributed by atoms with E-state index >= 15 is 0 Å². The summed E-state index contributed by atoms with van der Waals surface area (Å²) in [5.74, 6) is -0.203. The second-order valence-corrected chi connectivity index (χ2v) is 4.65. The molecule has 0 spiro atoms. The van der Waals surface area contributed by atoms with E-state index in [0.29, 0.717) is 24.2 Å². The molecule has 0 bridgehead atoms. The molecule has 2 amide bonds. The predicted octanol–water partition coefficient (Wildman–Crippen LogP) is 1.76. The zero-order valence-corrected chi connectivity index (χ0v) is 12.3. The van der Waals surface area contributed by atoms with Gasteiger partial charge >= 0.3 is 0 Å². The van der Waals surface area contributed by atoms with Crippen LogP contribution in [0.1, 0.15) is 37.6 Å². The smallest absolute Gasteiger partial charge is 0.251 e.